The molecule has 1 atom stereocenters. The molecule has 3 heteroatoms. The summed E-state index contributed by atoms with van der Waals surface area (Å²) in [7, 11) is 1.67. The topological polar surface area (TPSA) is 29.5 Å². The van der Waals surface area contributed by atoms with Crippen LogP contribution in [0.3, 0.4) is 0 Å². The molecule has 1 unspecified atom stereocenters. The van der Waals surface area contributed by atoms with Gasteiger partial charge in [0.1, 0.15) is 5.75 Å². The fourth-order valence-electron chi connectivity index (χ4n) is 2.28. The van der Waals surface area contributed by atoms with Crippen LogP contribution in [0.1, 0.15) is 16.7 Å². The average molecular weight is 302 g/mol. The molecule has 2 aromatic rings. The monoisotopic (exact) mass is 302 g/mol. The van der Waals surface area contributed by atoms with Crippen molar-refractivity contribution in [2.75, 3.05) is 12.9 Å². The van der Waals surface area contributed by atoms with Crippen LogP contribution < -0.4 is 4.74 Å². The van der Waals surface area contributed by atoms with Gasteiger partial charge in [0.05, 0.1) is 13.2 Å². The predicted molar refractivity (Wildman–Crippen MR) is 89.3 cm³/mol. The van der Waals surface area contributed by atoms with Gasteiger partial charge in [0.2, 0.25) is 0 Å². The number of hydrogen-bond acceptors (Lipinski definition) is 3. The lowest BCUT2D eigenvalue weighted by Crippen LogP contribution is -2.14. The highest BCUT2D eigenvalue weighted by atomic mass is 32.2. The Labute approximate surface area is 131 Å². The number of rotatable bonds is 6. The van der Waals surface area contributed by atoms with E-state index in [1.54, 1.807) is 18.9 Å². The molecule has 0 spiro atoms. The molecular weight excluding hydrogens is 280 g/mol. The smallest absolute Gasteiger partial charge is 0.122 e. The Morgan fingerprint density at radius 1 is 1.10 bits per heavy atom. The fraction of sp³-hybridized carbons (Fsp3) is 0.333. The van der Waals surface area contributed by atoms with Crippen molar-refractivity contribution in [3.8, 4) is 5.75 Å². The first-order chi connectivity index (χ1) is 10.1. The minimum atomic E-state index is -0.383. The number of aliphatic hydroxyl groups excluding tert-OH is 1. The Morgan fingerprint density at radius 2 is 1.86 bits per heavy atom. The molecule has 2 aromatic carbocycles. The highest BCUT2D eigenvalue weighted by Crippen LogP contribution is 2.24. The number of aliphatic hydroxyl groups is 1. The van der Waals surface area contributed by atoms with Crippen LogP contribution >= 0.6 is 11.8 Å². The molecule has 0 saturated heterocycles. The minimum Gasteiger partial charge on any atom is -0.496 e. The Kier molecular flexibility index (Phi) is 5.71. The normalized spacial score (nSPS) is 12.2. The maximum Gasteiger partial charge on any atom is 0.122 e. The lowest BCUT2D eigenvalue weighted by molar-refractivity contribution is 0.198. The molecule has 0 aliphatic heterocycles. The first-order valence-corrected chi connectivity index (χ1v) is 8.08. The van der Waals surface area contributed by atoms with Crippen LogP contribution in [-0.4, -0.2) is 24.1 Å². The molecule has 2 rings (SSSR count). The first-order valence-electron chi connectivity index (χ1n) is 7.09. The zero-order valence-electron chi connectivity index (χ0n) is 12.8. The molecule has 1 N–H and O–H groups in total. The molecule has 0 bridgehead atoms. The van der Waals surface area contributed by atoms with Crippen molar-refractivity contribution in [2.24, 2.45) is 0 Å². The maximum absolute atomic E-state index is 10.3. The molecule has 0 aliphatic carbocycles. The summed E-state index contributed by atoms with van der Waals surface area (Å²) in [6.45, 7) is 4.13. The van der Waals surface area contributed by atoms with E-state index in [4.69, 9.17) is 4.74 Å². The van der Waals surface area contributed by atoms with Crippen LogP contribution in [0.15, 0.2) is 47.4 Å². The zero-order chi connectivity index (χ0) is 15.2. The SMILES string of the molecule is COc1ccc(C)cc1CC(O)CSc1cccc(C)c1. The summed E-state index contributed by atoms with van der Waals surface area (Å²) in [6.07, 6.45) is 0.232. The Balaban J connectivity index is 1.95. The Bertz CT molecular complexity index is 596. The van der Waals surface area contributed by atoms with Gasteiger partial charge in [-0.25, -0.2) is 0 Å². The van der Waals surface area contributed by atoms with Crippen LogP contribution in [-0.2, 0) is 6.42 Å². The average Bonchev–Trinajstić information content (AvgIpc) is 2.45. The van der Waals surface area contributed by atoms with E-state index in [1.165, 1.54) is 16.0 Å². The van der Waals surface area contributed by atoms with Gasteiger partial charge in [-0.15, -0.1) is 11.8 Å². The minimum absolute atomic E-state index is 0.383. The molecule has 0 aliphatic rings. The van der Waals surface area contributed by atoms with Crippen LogP contribution in [0.5, 0.6) is 5.75 Å². The lowest BCUT2D eigenvalue weighted by Gasteiger charge is -2.14. The second-order valence-electron chi connectivity index (χ2n) is 5.30. The third-order valence-corrected chi connectivity index (χ3v) is 4.46. The van der Waals surface area contributed by atoms with Gasteiger partial charge in [-0.1, -0.05) is 35.4 Å². The van der Waals surface area contributed by atoms with Gasteiger partial charge in [-0.3, -0.25) is 0 Å². The van der Waals surface area contributed by atoms with Gasteiger partial charge in [0.15, 0.2) is 0 Å². The predicted octanol–water partition coefficient (Wildman–Crippen LogP) is 4.01. The third kappa shape index (κ3) is 4.80. The van der Waals surface area contributed by atoms with Gasteiger partial charge < -0.3 is 9.84 Å². The van der Waals surface area contributed by atoms with Crippen LogP contribution in [0.25, 0.3) is 0 Å². The Hall–Kier alpha value is -1.45. The van der Waals surface area contributed by atoms with Gasteiger partial charge in [0, 0.05) is 17.1 Å². The van der Waals surface area contributed by atoms with E-state index in [0.29, 0.717) is 12.2 Å². The largest absolute Gasteiger partial charge is 0.496 e. The summed E-state index contributed by atoms with van der Waals surface area (Å²) >= 11 is 1.69. The standard InChI is InChI=1S/C18H22O2S/c1-13-5-4-6-17(10-13)21-12-16(19)11-15-9-14(2)7-8-18(15)20-3/h4-10,16,19H,11-12H2,1-3H3. The summed E-state index contributed by atoms with van der Waals surface area (Å²) < 4.78 is 5.36. The van der Waals surface area contributed by atoms with Crippen molar-refractivity contribution < 1.29 is 9.84 Å². The number of aryl methyl sites for hydroxylation is 2. The van der Waals surface area contributed by atoms with E-state index in [9.17, 15) is 5.11 Å². The fourth-order valence-corrected chi connectivity index (χ4v) is 3.22. The molecular formula is C18H22O2S. The van der Waals surface area contributed by atoms with E-state index in [2.05, 4.69) is 38.1 Å². The number of thioether (sulfide) groups is 1. The molecule has 0 radical (unpaired) electrons. The van der Waals surface area contributed by atoms with E-state index in [0.717, 1.165) is 11.3 Å². The first kappa shape index (κ1) is 15.9. The van der Waals surface area contributed by atoms with Gasteiger partial charge in [-0.2, -0.15) is 0 Å². The molecule has 0 aromatic heterocycles. The van der Waals surface area contributed by atoms with Crippen LogP contribution in [0.2, 0.25) is 0 Å². The summed E-state index contributed by atoms with van der Waals surface area (Å²) in [4.78, 5) is 1.20. The molecule has 112 valence electrons. The highest BCUT2D eigenvalue weighted by molar-refractivity contribution is 7.99. The quantitative estimate of drug-likeness (QED) is 0.818. The summed E-state index contributed by atoms with van der Waals surface area (Å²) in [5, 5.41) is 10.3. The summed E-state index contributed by atoms with van der Waals surface area (Å²) in [5.74, 6) is 1.53. The van der Waals surface area contributed by atoms with Gasteiger partial charge >= 0.3 is 0 Å². The number of benzene rings is 2. The van der Waals surface area contributed by atoms with Crippen molar-refractivity contribution in [1.29, 1.82) is 0 Å². The van der Waals surface area contributed by atoms with Gasteiger partial charge in [0.25, 0.3) is 0 Å². The molecule has 0 amide bonds. The van der Waals surface area contributed by atoms with Crippen LogP contribution in [0, 0.1) is 13.8 Å². The highest BCUT2D eigenvalue weighted by Gasteiger charge is 2.11. The number of ether oxygens (including phenoxy) is 1. The second kappa shape index (κ2) is 7.53. The van der Waals surface area contributed by atoms with Crippen molar-refractivity contribution in [2.45, 2.75) is 31.3 Å². The zero-order valence-corrected chi connectivity index (χ0v) is 13.6. The van der Waals surface area contributed by atoms with Crippen molar-refractivity contribution in [3.63, 3.8) is 0 Å². The molecule has 0 heterocycles. The Morgan fingerprint density at radius 3 is 2.57 bits per heavy atom. The van der Waals surface area contributed by atoms with E-state index in [-0.39, 0.29) is 6.10 Å². The molecule has 0 saturated carbocycles. The van der Waals surface area contributed by atoms with Crippen molar-refractivity contribution in [1.82, 2.24) is 0 Å². The van der Waals surface area contributed by atoms with E-state index < -0.39 is 0 Å². The second-order valence-corrected chi connectivity index (χ2v) is 6.39. The van der Waals surface area contributed by atoms with E-state index in [1.807, 2.05) is 18.2 Å². The molecule has 2 nitrogen and oxygen atoms in total. The summed E-state index contributed by atoms with van der Waals surface area (Å²) in [5.41, 5.74) is 3.49. The maximum atomic E-state index is 10.3. The van der Waals surface area contributed by atoms with Crippen molar-refractivity contribution >= 4 is 11.8 Å². The molecule has 0 fully saturated rings. The summed E-state index contributed by atoms with van der Waals surface area (Å²) in [6, 6.07) is 14.4. The molecule has 21 heavy (non-hydrogen) atoms. The van der Waals surface area contributed by atoms with Crippen molar-refractivity contribution in [3.05, 3.63) is 59.2 Å². The van der Waals surface area contributed by atoms with E-state index >= 15 is 0 Å². The number of hydrogen-bond donors (Lipinski definition) is 1. The lowest BCUT2D eigenvalue weighted by atomic mass is 10.0. The third-order valence-electron chi connectivity index (χ3n) is 3.32. The van der Waals surface area contributed by atoms with Crippen LogP contribution in [0.4, 0.5) is 0 Å². The van der Waals surface area contributed by atoms with Gasteiger partial charge in [-0.05, 0) is 37.6 Å². The number of methoxy groups -OCH3 is 1.